The Labute approximate surface area is 146 Å². The van der Waals surface area contributed by atoms with Crippen molar-refractivity contribution in [3.63, 3.8) is 0 Å². The number of amides is 1. The topological polar surface area (TPSA) is 42.0 Å². The largest absolute Gasteiger partial charge is 0.298 e. The molecule has 0 aliphatic carbocycles. The van der Waals surface area contributed by atoms with Crippen LogP contribution < -0.4 is 5.32 Å². The van der Waals surface area contributed by atoms with Gasteiger partial charge in [0.2, 0.25) is 0 Å². The molecular weight excluding hydrogens is 316 g/mol. The quantitative estimate of drug-likeness (QED) is 0.649. The van der Waals surface area contributed by atoms with Crippen LogP contribution in [0.2, 0.25) is 0 Å². The number of hydrogen-bond acceptors (Lipinski definition) is 3. The number of benzene rings is 2. The van der Waals surface area contributed by atoms with Gasteiger partial charge in [0, 0.05) is 5.56 Å². The average Bonchev–Trinajstić information content (AvgIpc) is 3.01. The molecule has 24 heavy (non-hydrogen) atoms. The van der Waals surface area contributed by atoms with Crippen LogP contribution in [0.4, 0.5) is 5.13 Å². The summed E-state index contributed by atoms with van der Waals surface area (Å²) in [6, 6.07) is 14.1. The van der Waals surface area contributed by atoms with Crippen molar-refractivity contribution in [3.8, 4) is 0 Å². The number of rotatable bonds is 6. The standard InChI is InChI=1S/C20H22N2OS/c1-3-5-6-15-9-12-17-18(13-15)24-20(21-17)22-19(23)16-10-7-14(4-2)8-11-16/h7-13H,3-6H2,1-2H3,(H,21,22,23). The third-order valence-corrected chi connectivity index (χ3v) is 5.05. The molecule has 0 radical (unpaired) electrons. The third kappa shape index (κ3) is 3.82. The van der Waals surface area contributed by atoms with E-state index in [1.54, 1.807) is 0 Å². The van der Waals surface area contributed by atoms with Gasteiger partial charge in [-0.05, 0) is 54.7 Å². The Balaban J connectivity index is 1.75. The number of nitrogens with zero attached hydrogens (tertiary/aromatic N) is 1. The Morgan fingerprint density at radius 3 is 2.54 bits per heavy atom. The molecule has 0 saturated carbocycles. The van der Waals surface area contributed by atoms with Crippen molar-refractivity contribution >= 4 is 32.6 Å². The van der Waals surface area contributed by atoms with Gasteiger partial charge in [0.25, 0.3) is 5.91 Å². The van der Waals surface area contributed by atoms with E-state index in [0.717, 1.165) is 23.1 Å². The van der Waals surface area contributed by atoms with Crippen LogP contribution in [-0.2, 0) is 12.8 Å². The molecule has 3 rings (SSSR count). The number of nitrogens with one attached hydrogen (secondary N) is 1. The lowest BCUT2D eigenvalue weighted by atomic mass is 10.1. The van der Waals surface area contributed by atoms with E-state index >= 15 is 0 Å². The molecule has 0 saturated heterocycles. The summed E-state index contributed by atoms with van der Waals surface area (Å²) in [6.07, 6.45) is 4.45. The van der Waals surface area contributed by atoms with Crippen LogP contribution in [0.3, 0.4) is 0 Å². The fourth-order valence-corrected chi connectivity index (χ4v) is 3.54. The number of aryl methyl sites for hydroxylation is 2. The molecule has 1 heterocycles. The van der Waals surface area contributed by atoms with Crippen LogP contribution >= 0.6 is 11.3 Å². The SMILES string of the molecule is CCCCc1ccc2nc(NC(=O)c3ccc(CC)cc3)sc2c1. The summed E-state index contributed by atoms with van der Waals surface area (Å²) in [6.45, 7) is 4.30. The molecular formula is C20H22N2OS. The summed E-state index contributed by atoms with van der Waals surface area (Å²) in [5.41, 5.74) is 4.17. The molecule has 0 aliphatic heterocycles. The lowest BCUT2D eigenvalue weighted by Crippen LogP contribution is -2.11. The van der Waals surface area contributed by atoms with E-state index < -0.39 is 0 Å². The number of anilines is 1. The van der Waals surface area contributed by atoms with Gasteiger partial charge in [-0.2, -0.15) is 0 Å². The number of carbonyl (C=O) groups excluding carboxylic acids is 1. The van der Waals surface area contributed by atoms with E-state index in [4.69, 9.17) is 0 Å². The predicted molar refractivity (Wildman–Crippen MR) is 102 cm³/mol. The summed E-state index contributed by atoms with van der Waals surface area (Å²) in [5, 5.41) is 3.57. The maximum atomic E-state index is 12.4. The van der Waals surface area contributed by atoms with Gasteiger partial charge in [-0.3, -0.25) is 10.1 Å². The molecule has 4 heteroatoms. The monoisotopic (exact) mass is 338 g/mol. The molecule has 1 aromatic heterocycles. The van der Waals surface area contributed by atoms with E-state index in [9.17, 15) is 4.79 Å². The van der Waals surface area contributed by atoms with Gasteiger partial charge in [-0.25, -0.2) is 4.98 Å². The van der Waals surface area contributed by atoms with Crippen molar-refractivity contribution in [2.75, 3.05) is 5.32 Å². The van der Waals surface area contributed by atoms with Gasteiger partial charge < -0.3 is 0 Å². The molecule has 3 aromatic rings. The summed E-state index contributed by atoms with van der Waals surface area (Å²) in [5.74, 6) is -0.108. The molecule has 2 aromatic carbocycles. The fourth-order valence-electron chi connectivity index (χ4n) is 2.62. The average molecular weight is 338 g/mol. The summed E-state index contributed by atoms with van der Waals surface area (Å²) in [7, 11) is 0. The predicted octanol–water partition coefficient (Wildman–Crippen LogP) is 5.45. The Morgan fingerprint density at radius 1 is 1.08 bits per heavy atom. The second kappa shape index (κ2) is 7.58. The first kappa shape index (κ1) is 16.7. The highest BCUT2D eigenvalue weighted by Gasteiger charge is 2.10. The van der Waals surface area contributed by atoms with Crippen molar-refractivity contribution in [1.29, 1.82) is 0 Å². The van der Waals surface area contributed by atoms with E-state index in [-0.39, 0.29) is 5.91 Å². The molecule has 1 N–H and O–H groups in total. The van der Waals surface area contributed by atoms with Crippen LogP contribution in [0, 0.1) is 0 Å². The second-order valence-corrected chi connectivity index (χ2v) is 6.96. The van der Waals surface area contributed by atoms with Crippen LogP contribution in [0.1, 0.15) is 48.2 Å². The molecule has 1 amide bonds. The maximum absolute atomic E-state index is 12.4. The number of carbonyl (C=O) groups is 1. The van der Waals surface area contributed by atoms with Crippen LogP contribution in [0.5, 0.6) is 0 Å². The lowest BCUT2D eigenvalue weighted by Gasteiger charge is -2.02. The highest BCUT2D eigenvalue weighted by Crippen LogP contribution is 2.27. The molecule has 0 fully saturated rings. The van der Waals surface area contributed by atoms with Gasteiger partial charge >= 0.3 is 0 Å². The van der Waals surface area contributed by atoms with Crippen LogP contribution in [0.15, 0.2) is 42.5 Å². The molecule has 124 valence electrons. The number of aromatic nitrogens is 1. The van der Waals surface area contributed by atoms with Crippen LogP contribution in [0.25, 0.3) is 10.2 Å². The Bertz CT molecular complexity index is 836. The smallest absolute Gasteiger partial charge is 0.257 e. The number of thiazole rings is 1. The highest BCUT2D eigenvalue weighted by atomic mass is 32.1. The van der Waals surface area contributed by atoms with Gasteiger partial charge in [-0.1, -0.05) is 49.8 Å². The zero-order valence-electron chi connectivity index (χ0n) is 14.1. The highest BCUT2D eigenvalue weighted by molar-refractivity contribution is 7.22. The van der Waals surface area contributed by atoms with Crippen molar-refractivity contribution in [2.24, 2.45) is 0 Å². The van der Waals surface area contributed by atoms with Crippen molar-refractivity contribution in [2.45, 2.75) is 39.5 Å². The lowest BCUT2D eigenvalue weighted by molar-refractivity contribution is 0.102. The molecule has 0 atom stereocenters. The van der Waals surface area contributed by atoms with Crippen molar-refractivity contribution in [3.05, 3.63) is 59.2 Å². The zero-order valence-corrected chi connectivity index (χ0v) is 15.0. The van der Waals surface area contributed by atoms with Gasteiger partial charge in [0.05, 0.1) is 10.2 Å². The van der Waals surface area contributed by atoms with E-state index in [2.05, 4.69) is 36.3 Å². The van der Waals surface area contributed by atoms with E-state index in [0.29, 0.717) is 10.7 Å². The Morgan fingerprint density at radius 2 is 1.83 bits per heavy atom. The first-order valence-corrected chi connectivity index (χ1v) is 9.31. The normalized spacial score (nSPS) is 10.9. The molecule has 0 bridgehead atoms. The molecule has 0 spiro atoms. The zero-order chi connectivity index (χ0) is 16.9. The summed E-state index contributed by atoms with van der Waals surface area (Å²) in [4.78, 5) is 16.9. The van der Waals surface area contributed by atoms with Crippen molar-refractivity contribution < 1.29 is 4.79 Å². The van der Waals surface area contributed by atoms with Gasteiger partial charge in [0.1, 0.15) is 0 Å². The Hall–Kier alpha value is -2.20. The minimum atomic E-state index is -0.108. The Kier molecular flexibility index (Phi) is 5.26. The first-order valence-electron chi connectivity index (χ1n) is 8.49. The molecule has 0 aliphatic rings. The van der Waals surface area contributed by atoms with Gasteiger partial charge in [-0.15, -0.1) is 0 Å². The summed E-state index contributed by atoms with van der Waals surface area (Å²) >= 11 is 1.53. The van der Waals surface area contributed by atoms with Crippen LogP contribution in [-0.4, -0.2) is 10.9 Å². The minimum absolute atomic E-state index is 0.108. The minimum Gasteiger partial charge on any atom is -0.298 e. The van der Waals surface area contributed by atoms with E-state index in [1.807, 2.05) is 30.3 Å². The fraction of sp³-hybridized carbons (Fsp3) is 0.300. The maximum Gasteiger partial charge on any atom is 0.257 e. The van der Waals surface area contributed by atoms with Gasteiger partial charge in [0.15, 0.2) is 5.13 Å². The molecule has 0 unspecified atom stereocenters. The van der Waals surface area contributed by atoms with E-state index in [1.165, 1.54) is 35.3 Å². The van der Waals surface area contributed by atoms with Crippen molar-refractivity contribution in [1.82, 2.24) is 4.98 Å². The first-order chi connectivity index (χ1) is 11.7. The third-order valence-electron chi connectivity index (χ3n) is 4.12. The number of fused-ring (bicyclic) bond motifs is 1. The number of hydrogen-bond donors (Lipinski definition) is 1. The summed E-state index contributed by atoms with van der Waals surface area (Å²) < 4.78 is 1.13. The second-order valence-electron chi connectivity index (χ2n) is 5.93. The number of unbranched alkanes of at least 4 members (excludes halogenated alkanes) is 1. The molecule has 3 nitrogen and oxygen atoms in total.